The van der Waals surface area contributed by atoms with Gasteiger partial charge in [0.15, 0.2) is 0 Å². The summed E-state index contributed by atoms with van der Waals surface area (Å²) in [4.78, 5) is 10.8. The van der Waals surface area contributed by atoms with E-state index in [9.17, 15) is 4.39 Å². The number of hydrogen-bond acceptors (Lipinski definition) is 6. The van der Waals surface area contributed by atoms with Crippen LogP contribution in [-0.2, 0) is 13.1 Å². The van der Waals surface area contributed by atoms with Gasteiger partial charge in [0.2, 0.25) is 5.95 Å². The second kappa shape index (κ2) is 9.23. The lowest BCUT2D eigenvalue weighted by atomic mass is 9.82. The molecule has 5 heterocycles. The number of methoxy groups -OCH3 is 1. The predicted octanol–water partition coefficient (Wildman–Crippen LogP) is 4.96. The number of ether oxygens (including phenoxy) is 1. The number of imidazole rings is 1. The molecule has 37 heavy (non-hydrogen) atoms. The number of hydrogen-bond donors (Lipinski definition) is 0. The molecule has 0 N–H and O–H groups in total. The summed E-state index contributed by atoms with van der Waals surface area (Å²) in [6.45, 7) is 7.70. The van der Waals surface area contributed by atoms with Gasteiger partial charge in [-0.15, -0.1) is 5.10 Å². The van der Waals surface area contributed by atoms with Crippen molar-refractivity contribution in [1.29, 1.82) is 0 Å². The van der Waals surface area contributed by atoms with Gasteiger partial charge in [-0.1, -0.05) is 25.1 Å². The van der Waals surface area contributed by atoms with Crippen molar-refractivity contribution in [2.45, 2.75) is 39.8 Å². The van der Waals surface area contributed by atoms with Crippen LogP contribution in [-0.4, -0.2) is 54.5 Å². The van der Waals surface area contributed by atoms with E-state index in [1.807, 2.05) is 41.1 Å². The molecule has 8 nitrogen and oxygen atoms in total. The fourth-order valence-electron chi connectivity index (χ4n) is 5.02. The number of aromatic nitrogens is 6. The first-order valence-electron chi connectivity index (χ1n) is 12.6. The first-order valence-corrected chi connectivity index (χ1v) is 12.6. The normalized spacial score (nSPS) is 16.0. The first-order chi connectivity index (χ1) is 17.9. The Kier molecular flexibility index (Phi) is 5.87. The molecular formula is C28H30FN7O. The molecule has 0 radical (unpaired) electrons. The average molecular weight is 500 g/mol. The third-order valence-corrected chi connectivity index (χ3v) is 7.40. The van der Waals surface area contributed by atoms with E-state index in [0.29, 0.717) is 35.3 Å². The number of fused-ring (bicyclic) bond motifs is 2. The Balaban J connectivity index is 1.24. The fourth-order valence-corrected chi connectivity index (χ4v) is 5.02. The fraction of sp³-hybridized carbons (Fsp3) is 0.357. The molecule has 6 rings (SSSR count). The number of pyridine rings is 2. The van der Waals surface area contributed by atoms with E-state index in [4.69, 9.17) is 4.74 Å². The van der Waals surface area contributed by atoms with Crippen LogP contribution < -0.4 is 4.74 Å². The van der Waals surface area contributed by atoms with Crippen LogP contribution in [0.5, 0.6) is 5.75 Å². The molecule has 0 aliphatic carbocycles. The van der Waals surface area contributed by atoms with Crippen LogP contribution in [0.4, 0.5) is 4.39 Å². The van der Waals surface area contributed by atoms with Crippen LogP contribution in [0.2, 0.25) is 0 Å². The highest BCUT2D eigenvalue weighted by Crippen LogP contribution is 2.31. The van der Waals surface area contributed by atoms with E-state index in [2.05, 4.69) is 45.1 Å². The van der Waals surface area contributed by atoms with Crippen molar-refractivity contribution < 1.29 is 9.13 Å². The molecule has 0 bridgehead atoms. The van der Waals surface area contributed by atoms with E-state index in [0.717, 1.165) is 53.7 Å². The summed E-state index contributed by atoms with van der Waals surface area (Å²) in [6.07, 6.45) is 9.58. The Morgan fingerprint density at radius 3 is 2.70 bits per heavy atom. The molecule has 0 atom stereocenters. The third-order valence-electron chi connectivity index (χ3n) is 7.40. The Morgan fingerprint density at radius 2 is 1.89 bits per heavy atom. The quantitative estimate of drug-likeness (QED) is 0.308. The van der Waals surface area contributed by atoms with Crippen LogP contribution in [0.15, 0.2) is 55.2 Å². The number of nitrogens with zero attached hydrogens (tertiary/aromatic N) is 7. The van der Waals surface area contributed by atoms with Crippen LogP contribution in [0, 0.1) is 11.4 Å². The zero-order chi connectivity index (χ0) is 25.6. The number of likely N-dealkylation sites (tertiary alicyclic amines) is 1. The predicted molar refractivity (Wildman–Crippen MR) is 140 cm³/mol. The summed E-state index contributed by atoms with van der Waals surface area (Å²) in [6, 6.07) is 9.78. The second-order valence-electron chi connectivity index (χ2n) is 10.7. The molecule has 1 aromatic carbocycles. The van der Waals surface area contributed by atoms with Crippen LogP contribution in [0.3, 0.4) is 0 Å². The van der Waals surface area contributed by atoms with Crippen LogP contribution >= 0.6 is 0 Å². The van der Waals surface area contributed by atoms with Crippen molar-refractivity contribution in [3.63, 3.8) is 0 Å². The summed E-state index contributed by atoms with van der Waals surface area (Å²) >= 11 is 0. The molecule has 0 saturated carbocycles. The van der Waals surface area contributed by atoms with Crippen molar-refractivity contribution in [3.8, 4) is 17.0 Å². The minimum Gasteiger partial charge on any atom is -0.495 e. The third kappa shape index (κ3) is 4.79. The van der Waals surface area contributed by atoms with Gasteiger partial charge in [-0.2, -0.15) is 4.39 Å². The first kappa shape index (κ1) is 23.5. The molecule has 1 saturated heterocycles. The summed E-state index contributed by atoms with van der Waals surface area (Å²) in [5.41, 5.74) is 5.27. The number of benzene rings is 1. The largest absolute Gasteiger partial charge is 0.495 e. The molecule has 0 spiro atoms. The molecule has 1 fully saturated rings. The Morgan fingerprint density at radius 1 is 1.05 bits per heavy atom. The van der Waals surface area contributed by atoms with Crippen molar-refractivity contribution in [2.24, 2.45) is 5.41 Å². The van der Waals surface area contributed by atoms with Crippen LogP contribution in [0.25, 0.3) is 27.7 Å². The van der Waals surface area contributed by atoms with Gasteiger partial charge in [0.25, 0.3) is 0 Å². The molecule has 4 aromatic heterocycles. The monoisotopic (exact) mass is 499 g/mol. The van der Waals surface area contributed by atoms with Gasteiger partial charge in [-0.25, -0.2) is 14.6 Å². The SMILES string of the molecule is COc1cc(-c2cn(Cc3ccc4nc(F)c(CN5CCC(C)(C)CC5)cc4c3)nn2)c2cncn2c1. The van der Waals surface area contributed by atoms with E-state index in [-0.39, 0.29) is 5.95 Å². The average Bonchev–Trinajstić information content (AvgIpc) is 3.55. The number of piperidine rings is 1. The van der Waals surface area contributed by atoms with E-state index in [1.165, 1.54) is 0 Å². The molecule has 0 amide bonds. The Hall–Kier alpha value is -3.85. The van der Waals surface area contributed by atoms with Gasteiger partial charge < -0.3 is 9.14 Å². The molecule has 1 aliphatic heterocycles. The second-order valence-corrected chi connectivity index (χ2v) is 10.7. The van der Waals surface area contributed by atoms with E-state index in [1.54, 1.807) is 24.3 Å². The lowest BCUT2D eigenvalue weighted by Crippen LogP contribution is -2.37. The standard InChI is InChI=1S/C28H30FN7O/c1-28(2)6-8-34(9-7-28)15-21-11-20-10-19(4-5-24(20)31-27(21)29)14-36-17-25(32-33-36)23-12-22(37-3)16-35-18-30-13-26(23)35/h4-5,10-13,16-18H,6-9,14-15H2,1-3H3. The molecule has 190 valence electrons. The maximum Gasteiger partial charge on any atom is 0.217 e. The van der Waals surface area contributed by atoms with Gasteiger partial charge in [0.05, 0.1) is 49.6 Å². The zero-order valence-corrected chi connectivity index (χ0v) is 21.4. The molecular weight excluding hydrogens is 469 g/mol. The summed E-state index contributed by atoms with van der Waals surface area (Å²) < 4.78 is 23.9. The molecule has 1 aliphatic rings. The summed E-state index contributed by atoms with van der Waals surface area (Å²) in [5.74, 6) is 0.337. The molecule has 5 aromatic rings. The molecule has 9 heteroatoms. The van der Waals surface area contributed by atoms with Crippen molar-refractivity contribution in [3.05, 3.63) is 72.3 Å². The van der Waals surface area contributed by atoms with Gasteiger partial charge >= 0.3 is 0 Å². The lowest BCUT2D eigenvalue weighted by molar-refractivity contribution is 0.126. The summed E-state index contributed by atoms with van der Waals surface area (Å²) in [7, 11) is 1.64. The van der Waals surface area contributed by atoms with Gasteiger partial charge in [-0.05, 0) is 61.2 Å². The van der Waals surface area contributed by atoms with Crippen molar-refractivity contribution in [1.82, 2.24) is 34.3 Å². The van der Waals surface area contributed by atoms with Crippen molar-refractivity contribution >= 4 is 16.4 Å². The minimum atomic E-state index is -0.379. The maximum atomic E-state index is 14.8. The van der Waals surface area contributed by atoms with Gasteiger partial charge in [0.1, 0.15) is 11.4 Å². The van der Waals surface area contributed by atoms with Crippen LogP contribution in [0.1, 0.15) is 37.8 Å². The van der Waals surface area contributed by atoms with E-state index < -0.39 is 0 Å². The zero-order valence-electron chi connectivity index (χ0n) is 21.4. The summed E-state index contributed by atoms with van der Waals surface area (Å²) in [5, 5.41) is 9.68. The highest BCUT2D eigenvalue weighted by atomic mass is 19.1. The Bertz CT molecular complexity index is 1580. The van der Waals surface area contributed by atoms with E-state index >= 15 is 0 Å². The molecule has 0 unspecified atom stereocenters. The number of rotatable bonds is 6. The van der Waals surface area contributed by atoms with Gasteiger partial charge in [0, 0.05) is 23.1 Å². The maximum absolute atomic E-state index is 14.8. The highest BCUT2D eigenvalue weighted by molar-refractivity contribution is 5.80. The topological polar surface area (TPSA) is 73.4 Å². The van der Waals surface area contributed by atoms with Gasteiger partial charge in [-0.3, -0.25) is 4.90 Å². The smallest absolute Gasteiger partial charge is 0.217 e. The Labute approximate surface area is 214 Å². The number of halogens is 1. The highest BCUT2D eigenvalue weighted by Gasteiger charge is 2.26. The minimum absolute atomic E-state index is 0.365. The van der Waals surface area contributed by atoms with Crippen molar-refractivity contribution in [2.75, 3.05) is 20.2 Å². The lowest BCUT2D eigenvalue weighted by Gasteiger charge is -2.36.